The van der Waals surface area contributed by atoms with Crippen LogP contribution in [-0.2, 0) is 4.79 Å². The summed E-state index contributed by atoms with van der Waals surface area (Å²) in [5.41, 5.74) is 0. The lowest BCUT2D eigenvalue weighted by molar-refractivity contribution is -0.121. The molecule has 0 heterocycles. The Morgan fingerprint density at radius 3 is 2.50 bits per heavy atom. The lowest BCUT2D eigenvalue weighted by Gasteiger charge is -2.13. The molecule has 1 aliphatic rings. The fourth-order valence-corrected chi connectivity index (χ4v) is 3.32. The van der Waals surface area contributed by atoms with Crippen molar-refractivity contribution in [1.82, 2.24) is 16.0 Å². The van der Waals surface area contributed by atoms with E-state index < -0.39 is 0 Å². The van der Waals surface area contributed by atoms with E-state index in [0.29, 0.717) is 25.4 Å². The zero-order valence-electron chi connectivity index (χ0n) is 15.2. The van der Waals surface area contributed by atoms with Gasteiger partial charge in [0.05, 0.1) is 0 Å². The first kappa shape index (κ1) is 23.8. The second-order valence-electron chi connectivity index (χ2n) is 6.09. The van der Waals surface area contributed by atoms with E-state index in [1.165, 1.54) is 37.9 Å². The number of carbonyl (C=O) groups excluding carboxylic acids is 1. The Kier molecular flexibility index (Phi) is 16.2. The SMILES string of the molecule is CCNC(=NCCCCSC)NCCNC(=O)CC1CCCC1.I. The number of halogens is 1. The third-order valence-corrected chi connectivity index (χ3v) is 4.76. The first-order valence-corrected chi connectivity index (χ1v) is 10.4. The fourth-order valence-electron chi connectivity index (χ4n) is 2.82. The molecule has 1 fully saturated rings. The number of amides is 1. The number of unbranched alkanes of at least 4 members (excludes halogenated alkanes) is 1. The van der Waals surface area contributed by atoms with E-state index in [0.717, 1.165) is 25.5 Å². The van der Waals surface area contributed by atoms with Gasteiger partial charge in [0, 0.05) is 32.6 Å². The monoisotopic (exact) mass is 470 g/mol. The summed E-state index contributed by atoms with van der Waals surface area (Å²) in [6, 6.07) is 0. The Morgan fingerprint density at radius 1 is 1.12 bits per heavy atom. The summed E-state index contributed by atoms with van der Waals surface area (Å²) in [6.45, 7) is 5.14. The highest BCUT2D eigenvalue weighted by Crippen LogP contribution is 2.27. The van der Waals surface area contributed by atoms with Crippen molar-refractivity contribution >= 4 is 47.6 Å². The second kappa shape index (κ2) is 16.3. The molecule has 0 spiro atoms. The first-order valence-electron chi connectivity index (χ1n) is 9.04. The fraction of sp³-hybridized carbons (Fsp3) is 0.882. The molecular weight excluding hydrogens is 435 g/mol. The van der Waals surface area contributed by atoms with Crippen LogP contribution in [0.3, 0.4) is 0 Å². The van der Waals surface area contributed by atoms with Gasteiger partial charge < -0.3 is 16.0 Å². The lowest BCUT2D eigenvalue weighted by atomic mass is 10.0. The minimum Gasteiger partial charge on any atom is -0.357 e. The topological polar surface area (TPSA) is 65.5 Å². The van der Waals surface area contributed by atoms with E-state index in [-0.39, 0.29) is 29.9 Å². The van der Waals surface area contributed by atoms with Crippen molar-refractivity contribution in [3.8, 4) is 0 Å². The van der Waals surface area contributed by atoms with Gasteiger partial charge in [0.2, 0.25) is 5.91 Å². The third kappa shape index (κ3) is 12.2. The minimum absolute atomic E-state index is 0. The van der Waals surface area contributed by atoms with Crippen molar-refractivity contribution in [3.05, 3.63) is 0 Å². The Hall–Kier alpha value is -0.180. The van der Waals surface area contributed by atoms with Gasteiger partial charge in [-0.2, -0.15) is 11.8 Å². The number of hydrogen-bond acceptors (Lipinski definition) is 3. The highest BCUT2D eigenvalue weighted by Gasteiger charge is 2.17. The van der Waals surface area contributed by atoms with Crippen LogP contribution < -0.4 is 16.0 Å². The zero-order chi connectivity index (χ0) is 16.8. The van der Waals surface area contributed by atoms with Crippen LogP contribution in [0.15, 0.2) is 4.99 Å². The molecule has 1 rings (SSSR count). The van der Waals surface area contributed by atoms with Crippen molar-refractivity contribution in [2.24, 2.45) is 10.9 Å². The molecule has 0 atom stereocenters. The summed E-state index contributed by atoms with van der Waals surface area (Å²) in [7, 11) is 0. The molecule has 0 radical (unpaired) electrons. The van der Waals surface area contributed by atoms with E-state index in [1.54, 1.807) is 0 Å². The van der Waals surface area contributed by atoms with Gasteiger partial charge in [-0.3, -0.25) is 9.79 Å². The predicted molar refractivity (Wildman–Crippen MR) is 117 cm³/mol. The number of nitrogens with one attached hydrogen (secondary N) is 3. The largest absolute Gasteiger partial charge is 0.357 e. The van der Waals surface area contributed by atoms with Crippen LogP contribution in [0, 0.1) is 5.92 Å². The van der Waals surface area contributed by atoms with Gasteiger partial charge in [0.15, 0.2) is 5.96 Å². The zero-order valence-corrected chi connectivity index (χ0v) is 18.4. The highest BCUT2D eigenvalue weighted by molar-refractivity contribution is 14.0. The van der Waals surface area contributed by atoms with Crippen LogP contribution in [0.1, 0.15) is 51.9 Å². The number of rotatable bonds is 11. The molecule has 0 aromatic rings. The van der Waals surface area contributed by atoms with Gasteiger partial charge in [0.25, 0.3) is 0 Å². The summed E-state index contributed by atoms with van der Waals surface area (Å²) in [4.78, 5) is 16.4. The van der Waals surface area contributed by atoms with Gasteiger partial charge in [-0.25, -0.2) is 0 Å². The number of aliphatic imine (C=N–C) groups is 1. The van der Waals surface area contributed by atoms with Crippen molar-refractivity contribution in [2.75, 3.05) is 38.2 Å². The van der Waals surface area contributed by atoms with E-state index in [2.05, 4.69) is 34.1 Å². The van der Waals surface area contributed by atoms with Crippen molar-refractivity contribution in [3.63, 3.8) is 0 Å². The van der Waals surface area contributed by atoms with Gasteiger partial charge in [-0.15, -0.1) is 24.0 Å². The molecule has 142 valence electrons. The van der Waals surface area contributed by atoms with Crippen molar-refractivity contribution < 1.29 is 4.79 Å². The Morgan fingerprint density at radius 2 is 1.83 bits per heavy atom. The predicted octanol–water partition coefficient (Wildman–Crippen LogP) is 3.00. The molecule has 1 aliphatic carbocycles. The quantitative estimate of drug-likeness (QED) is 0.188. The summed E-state index contributed by atoms with van der Waals surface area (Å²) in [6.07, 6.45) is 10.2. The number of nitrogens with zero attached hydrogens (tertiary/aromatic N) is 1. The molecule has 7 heteroatoms. The third-order valence-electron chi connectivity index (χ3n) is 4.06. The summed E-state index contributed by atoms with van der Waals surface area (Å²) in [5.74, 6) is 2.86. The molecule has 5 nitrogen and oxygen atoms in total. The molecule has 0 aromatic heterocycles. The molecule has 3 N–H and O–H groups in total. The van der Waals surface area contributed by atoms with Gasteiger partial charge in [0.1, 0.15) is 0 Å². The first-order chi connectivity index (χ1) is 11.3. The molecule has 0 aromatic carbocycles. The molecule has 0 bridgehead atoms. The number of thioether (sulfide) groups is 1. The number of hydrogen-bond donors (Lipinski definition) is 3. The van der Waals surface area contributed by atoms with Crippen LogP contribution in [0.25, 0.3) is 0 Å². The van der Waals surface area contributed by atoms with E-state index >= 15 is 0 Å². The number of guanidine groups is 1. The van der Waals surface area contributed by atoms with Gasteiger partial charge >= 0.3 is 0 Å². The van der Waals surface area contributed by atoms with Crippen LogP contribution >= 0.6 is 35.7 Å². The normalized spacial score (nSPS) is 15.0. The minimum atomic E-state index is 0. The number of carbonyl (C=O) groups is 1. The summed E-state index contributed by atoms with van der Waals surface area (Å²) >= 11 is 1.88. The van der Waals surface area contributed by atoms with Gasteiger partial charge in [-0.05, 0) is 50.5 Å². The maximum Gasteiger partial charge on any atom is 0.220 e. The summed E-state index contributed by atoms with van der Waals surface area (Å²) in [5, 5.41) is 9.52. The van der Waals surface area contributed by atoms with Crippen molar-refractivity contribution in [1.29, 1.82) is 0 Å². The molecule has 0 unspecified atom stereocenters. The molecule has 1 saturated carbocycles. The van der Waals surface area contributed by atoms with Crippen LogP contribution in [0.5, 0.6) is 0 Å². The Balaban J connectivity index is 0.00000529. The maximum atomic E-state index is 11.9. The van der Waals surface area contributed by atoms with E-state index in [4.69, 9.17) is 0 Å². The smallest absolute Gasteiger partial charge is 0.220 e. The molecule has 0 aliphatic heterocycles. The van der Waals surface area contributed by atoms with E-state index in [9.17, 15) is 4.79 Å². The Bertz CT molecular complexity index is 349. The lowest BCUT2D eigenvalue weighted by Crippen LogP contribution is -2.41. The summed E-state index contributed by atoms with van der Waals surface area (Å²) < 4.78 is 0. The molecule has 0 saturated heterocycles. The molecular formula is C17H35IN4OS. The van der Waals surface area contributed by atoms with E-state index in [1.807, 2.05) is 11.8 Å². The van der Waals surface area contributed by atoms with Gasteiger partial charge in [-0.1, -0.05) is 12.8 Å². The van der Waals surface area contributed by atoms with Crippen LogP contribution in [0.2, 0.25) is 0 Å². The maximum absolute atomic E-state index is 11.9. The average Bonchev–Trinajstić information content (AvgIpc) is 3.04. The van der Waals surface area contributed by atoms with Crippen LogP contribution in [0.4, 0.5) is 0 Å². The molecule has 1 amide bonds. The average molecular weight is 470 g/mol. The second-order valence-corrected chi connectivity index (χ2v) is 7.08. The van der Waals surface area contributed by atoms with Crippen LogP contribution in [-0.4, -0.2) is 50.1 Å². The molecule has 24 heavy (non-hydrogen) atoms. The Labute approximate surface area is 169 Å². The van der Waals surface area contributed by atoms with Crippen molar-refractivity contribution in [2.45, 2.75) is 51.9 Å². The standard InChI is InChI=1S/C17H34N4OS.HI/c1-3-18-17(20-10-6-7-13-23-2)21-12-11-19-16(22)14-15-8-4-5-9-15;/h15H,3-14H2,1-2H3,(H,19,22)(H2,18,20,21);1H. The highest BCUT2D eigenvalue weighted by atomic mass is 127.